The second-order valence-electron chi connectivity index (χ2n) is 5.80. The van der Waals surface area contributed by atoms with Gasteiger partial charge in [-0.1, -0.05) is 42.5 Å². The first kappa shape index (κ1) is 16.2. The minimum Gasteiger partial charge on any atom is -0.374 e. The highest BCUT2D eigenvalue weighted by molar-refractivity contribution is 5.94. The van der Waals surface area contributed by atoms with Gasteiger partial charge in [0.15, 0.2) is 0 Å². The molecule has 1 amide bonds. The molecular weight excluding hydrogens is 281 g/mol. The number of benzene rings is 2. The van der Waals surface area contributed by atoms with Crippen molar-refractivity contribution >= 4 is 5.91 Å². The van der Waals surface area contributed by atoms with Crippen LogP contribution in [0.2, 0.25) is 0 Å². The number of carbonyl (C=O) groups is 1. The van der Waals surface area contributed by atoms with Gasteiger partial charge >= 0.3 is 0 Å². The first-order valence-electron chi connectivity index (χ1n) is 7.17. The number of hydrogen-bond donors (Lipinski definition) is 1. The molecule has 0 unspecified atom stereocenters. The first-order chi connectivity index (χ1) is 10.5. The van der Waals surface area contributed by atoms with Gasteiger partial charge in [-0.05, 0) is 31.5 Å². The standard InChI is InChI=1S/C18H20FNO2/c1-18(2,13-22-12-14-8-4-3-5-9-14)20-17(21)15-10-6-7-11-16(15)19/h3-11H,12-13H2,1-2H3,(H,20,21). The van der Waals surface area contributed by atoms with E-state index in [9.17, 15) is 9.18 Å². The predicted molar refractivity (Wildman–Crippen MR) is 84.0 cm³/mol. The largest absolute Gasteiger partial charge is 0.374 e. The summed E-state index contributed by atoms with van der Waals surface area (Å²) in [7, 11) is 0. The number of hydrogen-bond acceptors (Lipinski definition) is 2. The fourth-order valence-electron chi connectivity index (χ4n) is 2.05. The van der Waals surface area contributed by atoms with Gasteiger partial charge in [-0.2, -0.15) is 0 Å². The van der Waals surface area contributed by atoms with Crippen molar-refractivity contribution in [2.24, 2.45) is 0 Å². The van der Waals surface area contributed by atoms with E-state index < -0.39 is 17.3 Å². The molecule has 0 aliphatic heterocycles. The van der Waals surface area contributed by atoms with Crippen LogP contribution in [0.5, 0.6) is 0 Å². The molecule has 0 heterocycles. The third kappa shape index (κ3) is 4.67. The van der Waals surface area contributed by atoms with E-state index in [1.165, 1.54) is 12.1 Å². The van der Waals surface area contributed by atoms with E-state index >= 15 is 0 Å². The Morgan fingerprint density at radius 3 is 2.41 bits per heavy atom. The Kier molecular flexibility index (Phi) is 5.28. The molecule has 2 aromatic rings. The highest BCUT2D eigenvalue weighted by Gasteiger charge is 2.23. The van der Waals surface area contributed by atoms with Crippen molar-refractivity contribution in [3.05, 3.63) is 71.5 Å². The fourth-order valence-corrected chi connectivity index (χ4v) is 2.05. The number of carbonyl (C=O) groups excluding carboxylic acids is 1. The van der Waals surface area contributed by atoms with E-state index in [-0.39, 0.29) is 5.56 Å². The van der Waals surface area contributed by atoms with Crippen LogP contribution in [0.3, 0.4) is 0 Å². The molecule has 4 heteroatoms. The number of nitrogens with one attached hydrogen (secondary N) is 1. The molecule has 22 heavy (non-hydrogen) atoms. The lowest BCUT2D eigenvalue weighted by molar-refractivity contribution is 0.0615. The van der Waals surface area contributed by atoms with Gasteiger partial charge in [0.25, 0.3) is 5.91 Å². The Morgan fingerprint density at radius 2 is 1.73 bits per heavy atom. The maximum Gasteiger partial charge on any atom is 0.254 e. The van der Waals surface area contributed by atoms with Gasteiger partial charge in [-0.15, -0.1) is 0 Å². The van der Waals surface area contributed by atoms with Crippen molar-refractivity contribution in [1.82, 2.24) is 5.32 Å². The second-order valence-corrected chi connectivity index (χ2v) is 5.80. The van der Waals surface area contributed by atoms with E-state index in [1.54, 1.807) is 12.1 Å². The summed E-state index contributed by atoms with van der Waals surface area (Å²) in [6.07, 6.45) is 0. The molecule has 0 saturated heterocycles. The second kappa shape index (κ2) is 7.18. The molecular formula is C18H20FNO2. The number of rotatable bonds is 6. The van der Waals surface area contributed by atoms with Gasteiger partial charge in [0.1, 0.15) is 5.82 Å². The van der Waals surface area contributed by atoms with Crippen LogP contribution in [-0.2, 0) is 11.3 Å². The zero-order chi connectivity index (χ0) is 16.0. The molecule has 0 radical (unpaired) electrons. The molecule has 0 aromatic heterocycles. The van der Waals surface area contributed by atoms with Crippen LogP contribution in [0.4, 0.5) is 4.39 Å². The van der Waals surface area contributed by atoms with Crippen molar-refractivity contribution in [2.75, 3.05) is 6.61 Å². The third-order valence-corrected chi connectivity index (χ3v) is 3.14. The Bertz CT molecular complexity index is 626. The smallest absolute Gasteiger partial charge is 0.254 e. The molecule has 1 N–H and O–H groups in total. The van der Waals surface area contributed by atoms with Crippen molar-refractivity contribution in [3.63, 3.8) is 0 Å². The fraction of sp³-hybridized carbons (Fsp3) is 0.278. The SMILES string of the molecule is CC(C)(COCc1ccccc1)NC(=O)c1ccccc1F. The van der Waals surface area contributed by atoms with E-state index in [2.05, 4.69) is 5.32 Å². The van der Waals surface area contributed by atoms with Crippen LogP contribution in [0, 0.1) is 5.82 Å². The maximum atomic E-state index is 13.6. The molecule has 0 spiro atoms. The zero-order valence-corrected chi connectivity index (χ0v) is 12.8. The molecule has 0 atom stereocenters. The van der Waals surface area contributed by atoms with E-state index in [4.69, 9.17) is 4.74 Å². The first-order valence-corrected chi connectivity index (χ1v) is 7.17. The lowest BCUT2D eigenvalue weighted by Crippen LogP contribution is -2.47. The molecule has 2 rings (SSSR count). The molecule has 0 saturated carbocycles. The summed E-state index contributed by atoms with van der Waals surface area (Å²) in [4.78, 5) is 12.1. The summed E-state index contributed by atoms with van der Waals surface area (Å²) in [6.45, 7) is 4.50. The number of ether oxygens (including phenoxy) is 1. The monoisotopic (exact) mass is 301 g/mol. The summed E-state index contributed by atoms with van der Waals surface area (Å²) in [5.41, 5.74) is 0.520. The van der Waals surface area contributed by atoms with Crippen molar-refractivity contribution in [1.29, 1.82) is 0 Å². The van der Waals surface area contributed by atoms with Gasteiger partial charge in [-0.25, -0.2) is 4.39 Å². The molecule has 0 aliphatic carbocycles. The highest BCUT2D eigenvalue weighted by Crippen LogP contribution is 2.11. The average molecular weight is 301 g/mol. The predicted octanol–water partition coefficient (Wildman–Crippen LogP) is 3.55. The van der Waals surface area contributed by atoms with Gasteiger partial charge in [0.2, 0.25) is 0 Å². The maximum absolute atomic E-state index is 13.6. The molecule has 0 bridgehead atoms. The van der Waals surface area contributed by atoms with Gasteiger partial charge in [-0.3, -0.25) is 4.79 Å². The topological polar surface area (TPSA) is 38.3 Å². The normalized spacial score (nSPS) is 11.2. The Labute approximate surface area is 130 Å². The molecule has 116 valence electrons. The van der Waals surface area contributed by atoms with Crippen molar-refractivity contribution < 1.29 is 13.9 Å². The van der Waals surface area contributed by atoms with Crippen LogP contribution in [0.1, 0.15) is 29.8 Å². The van der Waals surface area contributed by atoms with Gasteiger partial charge in [0.05, 0.1) is 24.3 Å². The van der Waals surface area contributed by atoms with Gasteiger partial charge < -0.3 is 10.1 Å². The molecule has 0 fully saturated rings. The molecule has 3 nitrogen and oxygen atoms in total. The minimum atomic E-state index is -0.589. The van der Waals surface area contributed by atoms with E-state index in [0.29, 0.717) is 13.2 Å². The number of halogens is 1. The van der Waals surface area contributed by atoms with E-state index in [0.717, 1.165) is 5.56 Å². The Balaban J connectivity index is 1.88. The number of amides is 1. The van der Waals surface area contributed by atoms with Crippen molar-refractivity contribution in [3.8, 4) is 0 Å². The summed E-state index contributed by atoms with van der Waals surface area (Å²) in [5, 5.41) is 2.80. The zero-order valence-electron chi connectivity index (χ0n) is 12.8. The van der Waals surface area contributed by atoms with Crippen LogP contribution in [-0.4, -0.2) is 18.1 Å². The summed E-state index contributed by atoms with van der Waals surface area (Å²) < 4.78 is 19.2. The van der Waals surface area contributed by atoms with Crippen LogP contribution < -0.4 is 5.32 Å². The Hall–Kier alpha value is -2.20. The minimum absolute atomic E-state index is 0.0404. The summed E-state index contributed by atoms with van der Waals surface area (Å²) in [5.74, 6) is -0.965. The van der Waals surface area contributed by atoms with Crippen molar-refractivity contribution in [2.45, 2.75) is 26.0 Å². The molecule has 2 aromatic carbocycles. The lowest BCUT2D eigenvalue weighted by atomic mass is 10.1. The van der Waals surface area contributed by atoms with Crippen LogP contribution >= 0.6 is 0 Å². The highest BCUT2D eigenvalue weighted by atomic mass is 19.1. The lowest BCUT2D eigenvalue weighted by Gasteiger charge is -2.26. The third-order valence-electron chi connectivity index (χ3n) is 3.14. The summed E-state index contributed by atoms with van der Waals surface area (Å²) >= 11 is 0. The summed E-state index contributed by atoms with van der Waals surface area (Å²) in [6, 6.07) is 15.7. The quantitative estimate of drug-likeness (QED) is 0.886. The van der Waals surface area contributed by atoms with E-state index in [1.807, 2.05) is 44.2 Å². The van der Waals surface area contributed by atoms with Crippen LogP contribution in [0.15, 0.2) is 54.6 Å². The van der Waals surface area contributed by atoms with Gasteiger partial charge in [0, 0.05) is 0 Å². The average Bonchev–Trinajstić information content (AvgIpc) is 2.48. The Morgan fingerprint density at radius 1 is 1.09 bits per heavy atom. The molecule has 0 aliphatic rings. The van der Waals surface area contributed by atoms with Crippen LogP contribution in [0.25, 0.3) is 0 Å².